The van der Waals surface area contributed by atoms with Crippen LogP contribution in [0.25, 0.3) is 0 Å². The van der Waals surface area contributed by atoms with Crippen molar-refractivity contribution >= 4 is 5.91 Å². The van der Waals surface area contributed by atoms with Crippen LogP contribution in [0.4, 0.5) is 0 Å². The number of aliphatic hydroxyl groups is 1. The summed E-state index contributed by atoms with van der Waals surface area (Å²) in [4.78, 5) is 13.5. The summed E-state index contributed by atoms with van der Waals surface area (Å²) in [6, 6.07) is 0. The topological polar surface area (TPSA) is 66.6 Å². The minimum absolute atomic E-state index is 0.0373. The van der Waals surface area contributed by atoms with E-state index in [1.54, 1.807) is 4.90 Å². The van der Waals surface area contributed by atoms with E-state index in [-0.39, 0.29) is 12.0 Å². The van der Waals surface area contributed by atoms with Crippen LogP contribution in [0, 0.1) is 0 Å². The second-order valence-electron chi connectivity index (χ2n) is 4.20. The molecule has 1 aliphatic carbocycles. The van der Waals surface area contributed by atoms with Crippen molar-refractivity contribution < 1.29 is 9.90 Å². The third-order valence-corrected chi connectivity index (χ3v) is 3.12. The number of amides is 1. The molecule has 4 heteroatoms. The Bertz CT molecular complexity index is 226. The Morgan fingerprint density at radius 1 is 1.54 bits per heavy atom. The number of carbonyl (C=O) groups excluding carboxylic acids is 1. The van der Waals surface area contributed by atoms with E-state index in [1.807, 2.05) is 0 Å². The fourth-order valence-electron chi connectivity index (χ4n) is 2.01. The number of carbonyl (C=O) groups is 1. The number of rotatable bonds is 1. The molecule has 2 fully saturated rings. The number of nitrogens with zero attached hydrogens (tertiary/aromatic N) is 1. The Hall–Kier alpha value is -0.610. The van der Waals surface area contributed by atoms with Gasteiger partial charge in [-0.3, -0.25) is 4.79 Å². The third-order valence-electron chi connectivity index (χ3n) is 3.12. The van der Waals surface area contributed by atoms with Crippen LogP contribution in [0.2, 0.25) is 0 Å². The largest absolute Gasteiger partial charge is 0.391 e. The Kier molecular flexibility index (Phi) is 2.04. The molecule has 1 saturated heterocycles. The summed E-state index contributed by atoms with van der Waals surface area (Å²) in [5.74, 6) is 0.0373. The summed E-state index contributed by atoms with van der Waals surface area (Å²) >= 11 is 0. The molecule has 0 bridgehead atoms. The lowest BCUT2D eigenvalue weighted by molar-refractivity contribution is -0.139. The van der Waals surface area contributed by atoms with Crippen molar-refractivity contribution in [2.75, 3.05) is 13.1 Å². The third kappa shape index (κ3) is 1.44. The smallest absolute Gasteiger partial charge is 0.242 e. The van der Waals surface area contributed by atoms with Gasteiger partial charge in [0.25, 0.3) is 0 Å². The minimum Gasteiger partial charge on any atom is -0.391 e. The molecule has 4 nitrogen and oxygen atoms in total. The van der Waals surface area contributed by atoms with Gasteiger partial charge in [0.1, 0.15) is 0 Å². The Morgan fingerprint density at radius 2 is 2.23 bits per heavy atom. The number of likely N-dealkylation sites (tertiary alicyclic amines) is 1. The fraction of sp³-hybridized carbons (Fsp3) is 0.889. The minimum atomic E-state index is -0.593. The normalized spacial score (nSPS) is 31.5. The van der Waals surface area contributed by atoms with Gasteiger partial charge in [-0.2, -0.15) is 0 Å². The molecule has 1 aliphatic heterocycles. The van der Waals surface area contributed by atoms with Crippen molar-refractivity contribution in [2.24, 2.45) is 5.73 Å². The second kappa shape index (κ2) is 2.96. The number of hydrogen-bond acceptors (Lipinski definition) is 3. The van der Waals surface area contributed by atoms with E-state index in [1.165, 1.54) is 0 Å². The second-order valence-corrected chi connectivity index (χ2v) is 4.20. The van der Waals surface area contributed by atoms with Gasteiger partial charge >= 0.3 is 0 Å². The molecule has 2 rings (SSSR count). The van der Waals surface area contributed by atoms with Gasteiger partial charge in [-0.05, 0) is 25.7 Å². The predicted molar refractivity (Wildman–Crippen MR) is 48.0 cm³/mol. The maximum atomic E-state index is 11.8. The number of β-amino-alcohol motifs (C(OH)–C–C–N with tert-alkyl or cyclic N) is 1. The van der Waals surface area contributed by atoms with Crippen molar-refractivity contribution in [3.63, 3.8) is 0 Å². The van der Waals surface area contributed by atoms with E-state index in [0.717, 1.165) is 19.3 Å². The van der Waals surface area contributed by atoms with E-state index < -0.39 is 5.54 Å². The van der Waals surface area contributed by atoms with Gasteiger partial charge in [0, 0.05) is 13.1 Å². The van der Waals surface area contributed by atoms with E-state index in [9.17, 15) is 9.90 Å². The Balaban J connectivity index is 1.97. The lowest BCUT2D eigenvalue weighted by Gasteiger charge is -2.39. The summed E-state index contributed by atoms with van der Waals surface area (Å²) in [7, 11) is 0. The molecule has 0 aromatic rings. The summed E-state index contributed by atoms with van der Waals surface area (Å²) < 4.78 is 0. The van der Waals surface area contributed by atoms with E-state index in [0.29, 0.717) is 19.5 Å². The highest BCUT2D eigenvalue weighted by Gasteiger charge is 2.43. The van der Waals surface area contributed by atoms with Crippen LogP contribution >= 0.6 is 0 Å². The summed E-state index contributed by atoms with van der Waals surface area (Å²) in [6.07, 6.45) is 3.02. The molecule has 1 amide bonds. The standard InChI is InChI=1S/C9H16N2O2/c10-9(3-1-4-9)8(13)11-5-2-7(12)6-11/h7,12H,1-6,10H2/t7-/m1/s1. The van der Waals surface area contributed by atoms with Crippen molar-refractivity contribution in [3.8, 4) is 0 Å². The lowest BCUT2D eigenvalue weighted by Crippen LogP contribution is -2.59. The van der Waals surface area contributed by atoms with Gasteiger partial charge in [-0.1, -0.05) is 0 Å². The zero-order chi connectivity index (χ0) is 9.47. The van der Waals surface area contributed by atoms with Crippen LogP contribution < -0.4 is 5.73 Å². The zero-order valence-electron chi connectivity index (χ0n) is 7.70. The van der Waals surface area contributed by atoms with Crippen LogP contribution in [-0.4, -0.2) is 40.6 Å². The SMILES string of the molecule is NC1(C(=O)N2CC[C@@H](O)C2)CCC1. The van der Waals surface area contributed by atoms with Crippen LogP contribution in [-0.2, 0) is 4.79 Å². The molecule has 1 atom stereocenters. The molecule has 0 radical (unpaired) electrons. The van der Waals surface area contributed by atoms with Crippen molar-refractivity contribution in [3.05, 3.63) is 0 Å². The van der Waals surface area contributed by atoms with Crippen molar-refractivity contribution in [1.82, 2.24) is 4.90 Å². The van der Waals surface area contributed by atoms with Crippen LogP contribution in [0.1, 0.15) is 25.7 Å². The number of hydrogen-bond donors (Lipinski definition) is 2. The first kappa shape index (κ1) is 8.97. The summed E-state index contributed by atoms with van der Waals surface area (Å²) in [5.41, 5.74) is 5.31. The molecule has 13 heavy (non-hydrogen) atoms. The van der Waals surface area contributed by atoms with E-state index in [2.05, 4.69) is 0 Å². The highest BCUT2D eigenvalue weighted by Crippen LogP contribution is 2.31. The van der Waals surface area contributed by atoms with Gasteiger partial charge in [0.2, 0.25) is 5.91 Å². The molecular weight excluding hydrogens is 168 g/mol. The monoisotopic (exact) mass is 184 g/mol. The van der Waals surface area contributed by atoms with Crippen molar-refractivity contribution in [2.45, 2.75) is 37.3 Å². The number of nitrogens with two attached hydrogens (primary N) is 1. The molecule has 0 aromatic carbocycles. The van der Waals surface area contributed by atoms with Crippen LogP contribution in [0.15, 0.2) is 0 Å². The average Bonchev–Trinajstić information content (AvgIpc) is 2.46. The van der Waals surface area contributed by atoms with Crippen LogP contribution in [0.5, 0.6) is 0 Å². The van der Waals surface area contributed by atoms with Gasteiger partial charge in [-0.15, -0.1) is 0 Å². The molecule has 0 spiro atoms. The fourth-order valence-corrected chi connectivity index (χ4v) is 2.01. The Morgan fingerprint density at radius 3 is 2.62 bits per heavy atom. The first-order valence-electron chi connectivity index (χ1n) is 4.88. The van der Waals surface area contributed by atoms with Crippen molar-refractivity contribution in [1.29, 1.82) is 0 Å². The van der Waals surface area contributed by atoms with Gasteiger partial charge in [0.15, 0.2) is 0 Å². The van der Waals surface area contributed by atoms with Crippen LogP contribution in [0.3, 0.4) is 0 Å². The lowest BCUT2D eigenvalue weighted by atomic mass is 9.76. The van der Waals surface area contributed by atoms with E-state index >= 15 is 0 Å². The zero-order valence-corrected chi connectivity index (χ0v) is 7.70. The molecule has 74 valence electrons. The predicted octanol–water partition coefficient (Wildman–Crippen LogP) is -0.539. The average molecular weight is 184 g/mol. The summed E-state index contributed by atoms with van der Waals surface area (Å²) in [5, 5.41) is 9.27. The summed E-state index contributed by atoms with van der Waals surface area (Å²) in [6.45, 7) is 1.14. The quantitative estimate of drug-likeness (QED) is 0.575. The highest BCUT2D eigenvalue weighted by atomic mass is 16.3. The first-order valence-corrected chi connectivity index (χ1v) is 4.88. The maximum Gasteiger partial charge on any atom is 0.242 e. The van der Waals surface area contributed by atoms with Gasteiger partial charge in [-0.25, -0.2) is 0 Å². The molecule has 0 aromatic heterocycles. The first-order chi connectivity index (χ1) is 6.12. The molecule has 0 unspecified atom stereocenters. The molecular formula is C9H16N2O2. The molecule has 2 aliphatic rings. The molecule has 3 N–H and O–H groups in total. The molecule has 1 saturated carbocycles. The molecule has 1 heterocycles. The Labute approximate surface area is 77.7 Å². The highest BCUT2D eigenvalue weighted by molar-refractivity contribution is 5.87. The number of aliphatic hydroxyl groups excluding tert-OH is 1. The van der Waals surface area contributed by atoms with E-state index in [4.69, 9.17) is 5.73 Å². The van der Waals surface area contributed by atoms with Gasteiger partial charge in [0.05, 0.1) is 11.6 Å². The van der Waals surface area contributed by atoms with Gasteiger partial charge < -0.3 is 15.7 Å². The maximum absolute atomic E-state index is 11.8.